The Kier molecular flexibility index (Phi) is 4.89. The highest BCUT2D eigenvalue weighted by Gasteiger charge is 2.40. The molecule has 0 aliphatic carbocycles. The van der Waals surface area contributed by atoms with Crippen molar-refractivity contribution in [1.29, 1.82) is 0 Å². The van der Waals surface area contributed by atoms with E-state index in [1.54, 1.807) is 36.4 Å². The lowest BCUT2D eigenvalue weighted by Crippen LogP contribution is -2.22. The van der Waals surface area contributed by atoms with Gasteiger partial charge < -0.3 is 14.6 Å². The zero-order chi connectivity index (χ0) is 19.6. The van der Waals surface area contributed by atoms with Crippen molar-refractivity contribution < 1.29 is 27.5 Å². The molecule has 2 aromatic carbocycles. The van der Waals surface area contributed by atoms with Crippen LogP contribution < -0.4 is 10.1 Å². The largest absolute Gasteiger partial charge is 0.495 e. The Morgan fingerprint density at radius 2 is 1.74 bits per heavy atom. The molecule has 0 aliphatic heterocycles. The van der Waals surface area contributed by atoms with Crippen molar-refractivity contribution >= 4 is 28.3 Å². The Morgan fingerprint density at radius 1 is 1.07 bits per heavy atom. The number of carbonyl (C=O) groups excluding carboxylic acids is 2. The van der Waals surface area contributed by atoms with Crippen LogP contribution in [0, 0.1) is 0 Å². The molecule has 0 fully saturated rings. The van der Waals surface area contributed by atoms with E-state index in [0.717, 1.165) is 6.20 Å². The molecule has 1 amide bonds. The number of hydrogen-bond acceptors (Lipinski definition) is 3. The SMILES string of the molecule is COc1ccccc1NC(=O)Cn1cc(C(=O)C(F)(F)F)c2ccccc21. The molecule has 140 valence electrons. The van der Waals surface area contributed by atoms with Crippen molar-refractivity contribution in [3.63, 3.8) is 0 Å². The van der Waals surface area contributed by atoms with Crippen LogP contribution in [-0.4, -0.2) is 29.5 Å². The molecule has 0 saturated carbocycles. The number of rotatable bonds is 5. The maximum absolute atomic E-state index is 12.9. The summed E-state index contributed by atoms with van der Waals surface area (Å²) in [5.41, 5.74) is 0.316. The van der Waals surface area contributed by atoms with Crippen LogP contribution in [0.4, 0.5) is 18.9 Å². The maximum Gasteiger partial charge on any atom is 0.454 e. The molecule has 0 atom stereocenters. The van der Waals surface area contributed by atoms with Crippen molar-refractivity contribution in [3.8, 4) is 5.75 Å². The van der Waals surface area contributed by atoms with Gasteiger partial charge in [0, 0.05) is 17.1 Å². The van der Waals surface area contributed by atoms with E-state index in [1.165, 1.54) is 23.8 Å². The standard InChI is InChI=1S/C19H15F3N2O3/c1-27-16-9-5-3-7-14(16)23-17(25)11-24-10-13(18(26)19(20,21)22)12-6-2-4-8-15(12)24/h2-10H,11H2,1H3,(H,23,25). The average molecular weight is 376 g/mol. The Hall–Kier alpha value is -3.29. The van der Waals surface area contributed by atoms with Gasteiger partial charge in [-0.3, -0.25) is 9.59 Å². The Bertz CT molecular complexity index is 1010. The zero-order valence-electron chi connectivity index (χ0n) is 14.2. The molecule has 27 heavy (non-hydrogen) atoms. The number of halogens is 3. The van der Waals surface area contributed by atoms with Crippen LogP contribution in [0.5, 0.6) is 5.75 Å². The summed E-state index contributed by atoms with van der Waals surface area (Å²) in [4.78, 5) is 24.1. The molecule has 0 unspecified atom stereocenters. The quantitative estimate of drug-likeness (QED) is 0.684. The zero-order valence-corrected chi connectivity index (χ0v) is 14.2. The summed E-state index contributed by atoms with van der Waals surface area (Å²) in [5.74, 6) is -1.95. The molecule has 3 aromatic rings. The van der Waals surface area contributed by atoms with Crippen molar-refractivity contribution in [1.82, 2.24) is 4.57 Å². The topological polar surface area (TPSA) is 60.3 Å². The number of methoxy groups -OCH3 is 1. The van der Waals surface area contributed by atoms with E-state index >= 15 is 0 Å². The first-order valence-electron chi connectivity index (χ1n) is 7.93. The summed E-state index contributed by atoms with van der Waals surface area (Å²) in [6, 6.07) is 12.9. The first-order chi connectivity index (χ1) is 12.8. The van der Waals surface area contributed by atoms with Crippen LogP contribution in [0.25, 0.3) is 10.9 Å². The number of anilines is 1. The molecule has 5 nitrogen and oxygen atoms in total. The molecule has 0 aliphatic rings. The van der Waals surface area contributed by atoms with E-state index in [9.17, 15) is 22.8 Å². The number of alkyl halides is 3. The van der Waals surface area contributed by atoms with E-state index in [1.807, 2.05) is 0 Å². The number of para-hydroxylation sites is 3. The van der Waals surface area contributed by atoms with Crippen molar-refractivity contribution in [3.05, 3.63) is 60.3 Å². The minimum atomic E-state index is -4.99. The molecular weight excluding hydrogens is 361 g/mol. The van der Waals surface area contributed by atoms with Gasteiger partial charge in [-0.15, -0.1) is 0 Å². The number of amides is 1. The molecule has 0 radical (unpaired) electrons. The lowest BCUT2D eigenvalue weighted by atomic mass is 10.1. The first-order valence-corrected chi connectivity index (χ1v) is 7.93. The molecule has 0 saturated heterocycles. The number of fused-ring (bicyclic) bond motifs is 1. The summed E-state index contributed by atoms with van der Waals surface area (Å²) >= 11 is 0. The van der Waals surface area contributed by atoms with Crippen molar-refractivity contribution in [2.24, 2.45) is 0 Å². The van der Waals surface area contributed by atoms with Crippen LogP contribution in [0.3, 0.4) is 0 Å². The molecule has 1 N–H and O–H groups in total. The average Bonchev–Trinajstić information content (AvgIpc) is 2.99. The lowest BCUT2D eigenvalue weighted by molar-refractivity contribution is -0.116. The van der Waals surface area contributed by atoms with Gasteiger partial charge in [0.1, 0.15) is 12.3 Å². The number of ketones is 1. The fourth-order valence-corrected chi connectivity index (χ4v) is 2.80. The first kappa shape index (κ1) is 18.5. The number of hydrogen-bond donors (Lipinski definition) is 1. The van der Waals surface area contributed by atoms with E-state index in [-0.39, 0.29) is 11.9 Å². The second-order valence-electron chi connectivity index (χ2n) is 5.76. The van der Waals surface area contributed by atoms with Gasteiger partial charge in [-0.05, 0) is 18.2 Å². The fraction of sp³-hybridized carbons (Fsp3) is 0.158. The van der Waals surface area contributed by atoms with E-state index in [0.29, 0.717) is 17.0 Å². The molecule has 0 spiro atoms. The van der Waals surface area contributed by atoms with E-state index in [4.69, 9.17) is 4.74 Å². The summed E-state index contributed by atoms with van der Waals surface area (Å²) in [6.45, 7) is -0.260. The smallest absolute Gasteiger partial charge is 0.454 e. The summed E-state index contributed by atoms with van der Waals surface area (Å²) in [7, 11) is 1.46. The Labute approximate surface area is 152 Å². The number of benzene rings is 2. The van der Waals surface area contributed by atoms with Crippen LogP contribution >= 0.6 is 0 Å². The molecule has 8 heteroatoms. The highest BCUT2D eigenvalue weighted by atomic mass is 19.4. The molecular formula is C19H15F3N2O3. The second kappa shape index (κ2) is 7.14. The number of nitrogens with zero attached hydrogens (tertiary/aromatic N) is 1. The minimum absolute atomic E-state index is 0.143. The van der Waals surface area contributed by atoms with E-state index < -0.39 is 23.4 Å². The highest BCUT2D eigenvalue weighted by Crippen LogP contribution is 2.29. The van der Waals surface area contributed by atoms with Gasteiger partial charge >= 0.3 is 6.18 Å². The number of carbonyl (C=O) groups is 2. The normalized spacial score (nSPS) is 11.4. The monoisotopic (exact) mass is 376 g/mol. The highest BCUT2D eigenvalue weighted by molar-refractivity contribution is 6.11. The van der Waals surface area contributed by atoms with Gasteiger partial charge in [-0.25, -0.2) is 0 Å². The van der Waals surface area contributed by atoms with Gasteiger partial charge in [0.05, 0.1) is 18.4 Å². The number of Topliss-reactive ketones (excluding diaryl/α,β-unsaturated/α-hetero) is 1. The fourth-order valence-electron chi connectivity index (χ4n) is 2.80. The predicted octanol–water partition coefficient (Wildman–Crippen LogP) is 4.03. The molecule has 1 aromatic heterocycles. The molecule has 0 bridgehead atoms. The van der Waals surface area contributed by atoms with Crippen LogP contribution in [0.2, 0.25) is 0 Å². The maximum atomic E-state index is 12.9. The van der Waals surface area contributed by atoms with Gasteiger partial charge in [0.25, 0.3) is 5.78 Å². The second-order valence-corrected chi connectivity index (χ2v) is 5.76. The van der Waals surface area contributed by atoms with Crippen LogP contribution in [0.15, 0.2) is 54.7 Å². The molecule has 1 heterocycles. The number of ether oxygens (including phenoxy) is 1. The Morgan fingerprint density at radius 3 is 2.44 bits per heavy atom. The minimum Gasteiger partial charge on any atom is -0.495 e. The van der Waals surface area contributed by atoms with Gasteiger partial charge in [0.2, 0.25) is 5.91 Å². The summed E-state index contributed by atoms with van der Waals surface area (Å²) in [6.07, 6.45) is -3.93. The van der Waals surface area contributed by atoms with E-state index in [2.05, 4.69) is 5.32 Å². The lowest BCUT2D eigenvalue weighted by Gasteiger charge is -2.10. The van der Waals surface area contributed by atoms with Crippen LogP contribution in [0.1, 0.15) is 10.4 Å². The number of aromatic nitrogens is 1. The summed E-state index contributed by atoms with van der Waals surface area (Å²) in [5, 5.41) is 2.79. The predicted molar refractivity (Wildman–Crippen MR) is 93.9 cm³/mol. The summed E-state index contributed by atoms with van der Waals surface area (Å²) < 4.78 is 45.0. The van der Waals surface area contributed by atoms with Gasteiger partial charge in [0.15, 0.2) is 0 Å². The van der Waals surface area contributed by atoms with Crippen molar-refractivity contribution in [2.45, 2.75) is 12.7 Å². The number of nitrogens with one attached hydrogen (secondary N) is 1. The third kappa shape index (κ3) is 3.79. The Balaban J connectivity index is 1.91. The van der Waals surface area contributed by atoms with Gasteiger partial charge in [-0.1, -0.05) is 30.3 Å². The third-order valence-corrected chi connectivity index (χ3v) is 3.99. The third-order valence-electron chi connectivity index (χ3n) is 3.99. The van der Waals surface area contributed by atoms with Gasteiger partial charge in [-0.2, -0.15) is 13.2 Å². The van der Waals surface area contributed by atoms with Crippen LogP contribution in [-0.2, 0) is 11.3 Å². The van der Waals surface area contributed by atoms with Crippen molar-refractivity contribution in [2.75, 3.05) is 12.4 Å². The molecule has 3 rings (SSSR count).